The summed E-state index contributed by atoms with van der Waals surface area (Å²) in [5.41, 5.74) is 6.63. The highest BCUT2D eigenvalue weighted by molar-refractivity contribution is 7.22. The van der Waals surface area contributed by atoms with E-state index in [0.717, 1.165) is 47.1 Å². The number of fused-ring (bicyclic) bond motifs is 1. The number of pyridine rings is 1. The minimum Gasteiger partial charge on any atom is -0.384 e. The molecule has 130 valence electrons. The third kappa shape index (κ3) is 3.33. The SMILES string of the molecule is CO[C@@H]1CCCN(c2nc3ccnc(Nc4cc(N)ncn4)c3s2)C1. The summed E-state index contributed by atoms with van der Waals surface area (Å²) in [4.78, 5) is 19.6. The molecule has 0 aromatic carbocycles. The van der Waals surface area contributed by atoms with Gasteiger partial charge in [0.15, 0.2) is 10.9 Å². The number of piperidine rings is 1. The summed E-state index contributed by atoms with van der Waals surface area (Å²) in [6.07, 6.45) is 5.64. The summed E-state index contributed by atoms with van der Waals surface area (Å²) in [5.74, 6) is 1.74. The van der Waals surface area contributed by atoms with Crippen LogP contribution in [0.4, 0.5) is 22.6 Å². The van der Waals surface area contributed by atoms with E-state index in [2.05, 4.69) is 25.2 Å². The lowest BCUT2D eigenvalue weighted by molar-refractivity contribution is 0.0893. The second-order valence-corrected chi connectivity index (χ2v) is 6.88. The van der Waals surface area contributed by atoms with Crippen LogP contribution in [0.5, 0.6) is 0 Å². The van der Waals surface area contributed by atoms with Crippen LogP contribution < -0.4 is 16.0 Å². The molecule has 0 radical (unpaired) electrons. The molecule has 1 saturated heterocycles. The third-order valence-corrected chi connectivity index (χ3v) is 5.35. The topological polar surface area (TPSA) is 102 Å². The number of nitrogen functional groups attached to an aromatic ring is 1. The molecule has 3 N–H and O–H groups in total. The first-order chi connectivity index (χ1) is 12.2. The van der Waals surface area contributed by atoms with Gasteiger partial charge in [-0.15, -0.1) is 0 Å². The molecule has 1 fully saturated rings. The smallest absolute Gasteiger partial charge is 0.186 e. The monoisotopic (exact) mass is 357 g/mol. The zero-order valence-electron chi connectivity index (χ0n) is 13.8. The standard InChI is InChI=1S/C16H19N7OS/c1-24-10-3-2-6-23(8-10)16-21-11-4-5-18-15(14(11)25-16)22-13-7-12(17)19-9-20-13/h4-5,7,9-10H,2-3,6,8H2,1H3,(H3,17,18,19,20,22)/t10-/m1/s1. The Bertz CT molecular complexity index is 884. The van der Waals surface area contributed by atoms with Crippen LogP contribution in [-0.4, -0.2) is 46.2 Å². The highest BCUT2D eigenvalue weighted by Crippen LogP contribution is 2.35. The molecule has 0 bridgehead atoms. The van der Waals surface area contributed by atoms with Crippen molar-refractivity contribution in [2.75, 3.05) is 36.1 Å². The molecule has 1 aliphatic rings. The Morgan fingerprint density at radius 3 is 3.12 bits per heavy atom. The van der Waals surface area contributed by atoms with Gasteiger partial charge in [0.05, 0.1) is 16.3 Å². The molecule has 3 aromatic rings. The maximum absolute atomic E-state index is 5.71. The molecule has 8 nitrogen and oxygen atoms in total. The van der Waals surface area contributed by atoms with E-state index in [4.69, 9.17) is 15.5 Å². The third-order valence-electron chi connectivity index (χ3n) is 4.21. The van der Waals surface area contributed by atoms with Gasteiger partial charge in [0, 0.05) is 32.5 Å². The first-order valence-corrected chi connectivity index (χ1v) is 8.92. The maximum atomic E-state index is 5.71. The van der Waals surface area contributed by atoms with Crippen molar-refractivity contribution in [2.45, 2.75) is 18.9 Å². The van der Waals surface area contributed by atoms with Crippen molar-refractivity contribution < 1.29 is 4.74 Å². The van der Waals surface area contributed by atoms with Gasteiger partial charge in [-0.1, -0.05) is 11.3 Å². The molecule has 0 spiro atoms. The first-order valence-electron chi connectivity index (χ1n) is 8.11. The normalized spacial score (nSPS) is 17.8. The number of anilines is 4. The highest BCUT2D eigenvalue weighted by Gasteiger charge is 2.22. The van der Waals surface area contributed by atoms with E-state index in [-0.39, 0.29) is 6.10 Å². The number of rotatable bonds is 4. The lowest BCUT2D eigenvalue weighted by Gasteiger charge is -2.31. The van der Waals surface area contributed by atoms with Crippen molar-refractivity contribution in [3.8, 4) is 0 Å². The van der Waals surface area contributed by atoms with Crippen LogP contribution in [0.15, 0.2) is 24.7 Å². The molecule has 1 atom stereocenters. The lowest BCUT2D eigenvalue weighted by atomic mass is 10.1. The Kier molecular flexibility index (Phi) is 4.33. The van der Waals surface area contributed by atoms with Gasteiger partial charge in [-0.25, -0.2) is 19.9 Å². The molecule has 0 saturated carbocycles. The Morgan fingerprint density at radius 2 is 2.28 bits per heavy atom. The molecule has 4 heterocycles. The predicted molar refractivity (Wildman–Crippen MR) is 99.4 cm³/mol. The quantitative estimate of drug-likeness (QED) is 0.734. The van der Waals surface area contributed by atoms with E-state index >= 15 is 0 Å². The molecule has 3 aromatic heterocycles. The molecule has 0 amide bonds. The lowest BCUT2D eigenvalue weighted by Crippen LogP contribution is -2.39. The van der Waals surface area contributed by atoms with E-state index in [1.165, 1.54) is 6.33 Å². The summed E-state index contributed by atoms with van der Waals surface area (Å²) in [5, 5.41) is 4.20. The average Bonchev–Trinajstić information content (AvgIpc) is 3.07. The molecule has 0 unspecified atom stereocenters. The first kappa shape index (κ1) is 16.0. The van der Waals surface area contributed by atoms with Crippen molar-refractivity contribution in [3.63, 3.8) is 0 Å². The number of nitrogens with two attached hydrogens (primary N) is 1. The molecule has 9 heteroatoms. The van der Waals surface area contributed by atoms with Gasteiger partial charge in [0.25, 0.3) is 0 Å². The molecule has 25 heavy (non-hydrogen) atoms. The maximum Gasteiger partial charge on any atom is 0.186 e. The summed E-state index contributed by atoms with van der Waals surface area (Å²) in [6.45, 7) is 1.87. The van der Waals surface area contributed by atoms with Crippen LogP contribution >= 0.6 is 11.3 Å². The molecule has 1 aliphatic heterocycles. The van der Waals surface area contributed by atoms with Gasteiger partial charge in [-0.3, -0.25) is 0 Å². The molecular formula is C16H19N7OS. The van der Waals surface area contributed by atoms with Crippen LogP contribution in [0.25, 0.3) is 10.2 Å². The summed E-state index contributed by atoms with van der Waals surface area (Å²) < 4.78 is 6.51. The zero-order valence-corrected chi connectivity index (χ0v) is 14.7. The number of ether oxygens (including phenoxy) is 1. The Hall–Kier alpha value is -2.52. The predicted octanol–water partition coefficient (Wildman–Crippen LogP) is 2.42. The second kappa shape index (κ2) is 6.77. The number of nitrogens with one attached hydrogen (secondary N) is 1. The highest BCUT2D eigenvalue weighted by atomic mass is 32.1. The van der Waals surface area contributed by atoms with E-state index in [1.54, 1.807) is 30.7 Å². The van der Waals surface area contributed by atoms with Gasteiger partial charge in [0.2, 0.25) is 0 Å². The van der Waals surface area contributed by atoms with Crippen molar-refractivity contribution in [2.24, 2.45) is 0 Å². The van der Waals surface area contributed by atoms with Crippen LogP contribution in [0.1, 0.15) is 12.8 Å². The summed E-state index contributed by atoms with van der Waals surface area (Å²) >= 11 is 1.63. The van der Waals surface area contributed by atoms with Gasteiger partial charge >= 0.3 is 0 Å². The van der Waals surface area contributed by atoms with Crippen molar-refractivity contribution in [1.82, 2.24) is 19.9 Å². The molecular weight excluding hydrogens is 338 g/mol. The summed E-state index contributed by atoms with van der Waals surface area (Å²) in [6, 6.07) is 3.60. The fraction of sp³-hybridized carbons (Fsp3) is 0.375. The number of hydrogen-bond acceptors (Lipinski definition) is 9. The fourth-order valence-corrected chi connectivity index (χ4v) is 3.97. The Labute approximate surface area is 149 Å². The van der Waals surface area contributed by atoms with E-state index < -0.39 is 0 Å². The largest absolute Gasteiger partial charge is 0.384 e. The minimum absolute atomic E-state index is 0.264. The van der Waals surface area contributed by atoms with Crippen LogP contribution in [0.2, 0.25) is 0 Å². The van der Waals surface area contributed by atoms with Gasteiger partial charge in [-0.2, -0.15) is 0 Å². The van der Waals surface area contributed by atoms with E-state index in [1.807, 2.05) is 6.07 Å². The van der Waals surface area contributed by atoms with Crippen molar-refractivity contribution >= 4 is 44.1 Å². The van der Waals surface area contributed by atoms with Crippen molar-refractivity contribution in [3.05, 3.63) is 24.7 Å². The van der Waals surface area contributed by atoms with Crippen LogP contribution in [0.3, 0.4) is 0 Å². The van der Waals surface area contributed by atoms with Crippen molar-refractivity contribution in [1.29, 1.82) is 0 Å². The average molecular weight is 357 g/mol. The van der Waals surface area contributed by atoms with E-state index in [9.17, 15) is 0 Å². The van der Waals surface area contributed by atoms with Gasteiger partial charge < -0.3 is 20.7 Å². The zero-order chi connectivity index (χ0) is 17.2. The van der Waals surface area contributed by atoms with Crippen LogP contribution in [-0.2, 0) is 4.74 Å². The Morgan fingerprint density at radius 1 is 1.36 bits per heavy atom. The number of thiazole rings is 1. The molecule has 4 rings (SSSR count). The van der Waals surface area contributed by atoms with E-state index in [0.29, 0.717) is 11.6 Å². The van der Waals surface area contributed by atoms with Gasteiger partial charge in [0.1, 0.15) is 18.0 Å². The number of aromatic nitrogens is 4. The molecule has 0 aliphatic carbocycles. The van der Waals surface area contributed by atoms with Gasteiger partial charge in [-0.05, 0) is 18.9 Å². The number of hydrogen-bond donors (Lipinski definition) is 2. The summed E-state index contributed by atoms with van der Waals surface area (Å²) in [7, 11) is 1.77. The second-order valence-electron chi connectivity index (χ2n) is 5.90. The minimum atomic E-state index is 0.264. The number of nitrogens with zero attached hydrogens (tertiary/aromatic N) is 5. The number of methoxy groups -OCH3 is 1. The Balaban J connectivity index is 1.64. The van der Waals surface area contributed by atoms with Crippen LogP contribution in [0, 0.1) is 0 Å². The fourth-order valence-electron chi connectivity index (χ4n) is 2.93.